The molecule has 0 aromatic heterocycles. The van der Waals surface area contributed by atoms with E-state index in [-0.39, 0.29) is 6.61 Å². The number of hydrogen-bond donors (Lipinski definition) is 2. The van der Waals surface area contributed by atoms with Crippen molar-refractivity contribution in [1.82, 2.24) is 5.32 Å². The first kappa shape index (κ1) is 22.3. The molecule has 1 aliphatic rings. The normalized spacial score (nSPS) is 26.2. The van der Waals surface area contributed by atoms with Crippen LogP contribution in [0.3, 0.4) is 0 Å². The molecule has 0 saturated carbocycles. The van der Waals surface area contributed by atoms with E-state index >= 15 is 0 Å². The number of aliphatic carboxylic acids is 1. The Labute approximate surface area is 167 Å². The number of carbonyl (C=O) groups is 4. The van der Waals surface area contributed by atoms with E-state index in [1.165, 1.54) is 6.92 Å². The monoisotopic (exact) mass is 409 g/mol. The minimum atomic E-state index is -1.67. The van der Waals surface area contributed by atoms with Gasteiger partial charge >= 0.3 is 17.9 Å². The Balaban J connectivity index is 2.36. The molecule has 0 spiro atoms. The predicted molar refractivity (Wildman–Crippen MR) is 96.2 cm³/mol. The zero-order valence-corrected chi connectivity index (χ0v) is 16.2. The number of ether oxygens (including phenoxy) is 4. The molecule has 1 aliphatic heterocycles. The quantitative estimate of drug-likeness (QED) is 0.612. The van der Waals surface area contributed by atoms with Crippen molar-refractivity contribution in [1.29, 1.82) is 0 Å². The molecule has 158 valence electrons. The molecule has 1 saturated heterocycles. The van der Waals surface area contributed by atoms with Crippen LogP contribution in [0.15, 0.2) is 30.3 Å². The fourth-order valence-corrected chi connectivity index (χ4v) is 2.97. The topological polar surface area (TPSA) is 137 Å². The number of esters is 2. The van der Waals surface area contributed by atoms with Gasteiger partial charge in [-0.2, -0.15) is 0 Å². The molecule has 5 atom stereocenters. The number of benzene rings is 1. The number of rotatable bonds is 7. The Morgan fingerprint density at radius 1 is 1.00 bits per heavy atom. The zero-order valence-electron chi connectivity index (χ0n) is 16.2. The first-order valence-corrected chi connectivity index (χ1v) is 8.84. The van der Waals surface area contributed by atoms with E-state index in [0.717, 1.165) is 19.4 Å². The van der Waals surface area contributed by atoms with E-state index in [1.807, 2.05) is 6.07 Å². The van der Waals surface area contributed by atoms with Gasteiger partial charge in [0, 0.05) is 20.8 Å². The Morgan fingerprint density at radius 3 is 2.10 bits per heavy atom. The summed E-state index contributed by atoms with van der Waals surface area (Å²) in [7, 11) is 0. The minimum absolute atomic E-state index is 0.0406. The number of nitrogens with one attached hydrogen (secondary N) is 1. The number of carboxylic acid groups (broad SMARTS) is 1. The van der Waals surface area contributed by atoms with Gasteiger partial charge < -0.3 is 29.4 Å². The second-order valence-corrected chi connectivity index (χ2v) is 6.43. The lowest BCUT2D eigenvalue weighted by atomic mass is 9.95. The van der Waals surface area contributed by atoms with Crippen molar-refractivity contribution in [2.45, 2.75) is 58.0 Å². The van der Waals surface area contributed by atoms with E-state index in [9.17, 15) is 24.3 Å². The lowest BCUT2D eigenvalue weighted by Gasteiger charge is -2.43. The first-order chi connectivity index (χ1) is 13.7. The SMILES string of the molecule is CC(=O)N[C@@H]1[C@H](OCc2ccccc2)O[C@H](C(=O)O)[C@H](OC(C)=O)[C@@H]1OC(C)=O. The molecule has 29 heavy (non-hydrogen) atoms. The van der Waals surface area contributed by atoms with Gasteiger partial charge in [0.15, 0.2) is 24.6 Å². The number of carbonyl (C=O) groups excluding carboxylic acids is 3. The summed E-state index contributed by atoms with van der Waals surface area (Å²) in [5.41, 5.74) is 0.774. The molecule has 1 aromatic carbocycles. The van der Waals surface area contributed by atoms with Crippen LogP contribution in [0.4, 0.5) is 0 Å². The molecule has 0 unspecified atom stereocenters. The highest BCUT2D eigenvalue weighted by atomic mass is 16.7. The van der Waals surface area contributed by atoms with E-state index in [4.69, 9.17) is 18.9 Å². The maximum atomic E-state index is 11.7. The van der Waals surface area contributed by atoms with E-state index < -0.39 is 54.5 Å². The molecule has 0 aliphatic carbocycles. The molecule has 2 rings (SSSR count). The van der Waals surface area contributed by atoms with Crippen LogP contribution in [-0.2, 0) is 44.7 Å². The summed E-state index contributed by atoms with van der Waals surface area (Å²) < 4.78 is 21.5. The third-order valence-corrected chi connectivity index (χ3v) is 4.02. The molecule has 10 heteroatoms. The maximum Gasteiger partial charge on any atom is 0.337 e. The van der Waals surface area contributed by atoms with Gasteiger partial charge in [0.05, 0.1) is 6.61 Å². The molecule has 10 nitrogen and oxygen atoms in total. The van der Waals surface area contributed by atoms with E-state index in [1.54, 1.807) is 24.3 Å². The van der Waals surface area contributed by atoms with Gasteiger partial charge in [-0.1, -0.05) is 30.3 Å². The van der Waals surface area contributed by atoms with Gasteiger partial charge in [0.25, 0.3) is 0 Å². The summed E-state index contributed by atoms with van der Waals surface area (Å²) in [6.45, 7) is 3.46. The van der Waals surface area contributed by atoms with E-state index in [0.29, 0.717) is 0 Å². The van der Waals surface area contributed by atoms with Gasteiger partial charge in [-0.3, -0.25) is 14.4 Å². The fourth-order valence-electron chi connectivity index (χ4n) is 2.97. The molecule has 2 N–H and O–H groups in total. The summed E-state index contributed by atoms with van der Waals surface area (Å²) >= 11 is 0. The van der Waals surface area contributed by atoms with Crippen LogP contribution in [0.25, 0.3) is 0 Å². The van der Waals surface area contributed by atoms with Crippen molar-refractivity contribution in [2.24, 2.45) is 0 Å². The first-order valence-electron chi connectivity index (χ1n) is 8.84. The number of carboxylic acids is 1. The molecular formula is C19H23NO9. The fraction of sp³-hybridized carbons (Fsp3) is 0.474. The third kappa shape index (κ3) is 6.26. The van der Waals surface area contributed by atoms with Gasteiger partial charge in [-0.05, 0) is 5.56 Å². The maximum absolute atomic E-state index is 11.7. The second kappa shape index (κ2) is 9.99. The molecule has 1 aromatic rings. The predicted octanol–water partition coefficient (Wildman–Crippen LogP) is 0.381. The summed E-state index contributed by atoms with van der Waals surface area (Å²) in [5.74, 6) is -3.50. The Kier molecular flexibility index (Phi) is 7.68. The van der Waals surface area contributed by atoms with Gasteiger partial charge in [-0.25, -0.2) is 4.79 Å². The molecular weight excluding hydrogens is 386 g/mol. The minimum Gasteiger partial charge on any atom is -0.479 e. The van der Waals surface area contributed by atoms with Crippen molar-refractivity contribution < 1.29 is 43.2 Å². The lowest BCUT2D eigenvalue weighted by molar-refractivity contribution is -0.273. The van der Waals surface area contributed by atoms with Crippen LogP contribution >= 0.6 is 0 Å². The van der Waals surface area contributed by atoms with Crippen LogP contribution < -0.4 is 5.32 Å². The number of hydrogen-bond acceptors (Lipinski definition) is 8. The highest BCUT2D eigenvalue weighted by Crippen LogP contribution is 2.28. The second-order valence-electron chi connectivity index (χ2n) is 6.43. The van der Waals surface area contributed by atoms with E-state index in [2.05, 4.69) is 5.32 Å². The summed E-state index contributed by atoms with van der Waals surface area (Å²) in [6, 6.07) is 7.88. The third-order valence-electron chi connectivity index (χ3n) is 4.02. The highest BCUT2D eigenvalue weighted by molar-refractivity contribution is 5.76. The van der Waals surface area contributed by atoms with Crippen molar-refractivity contribution >= 4 is 23.8 Å². The average molecular weight is 409 g/mol. The van der Waals surface area contributed by atoms with Crippen LogP contribution in [0, 0.1) is 0 Å². The van der Waals surface area contributed by atoms with Gasteiger partial charge in [0.1, 0.15) is 6.04 Å². The highest BCUT2D eigenvalue weighted by Gasteiger charge is 2.53. The molecule has 1 fully saturated rings. The van der Waals surface area contributed by atoms with Crippen LogP contribution in [0.2, 0.25) is 0 Å². The summed E-state index contributed by atoms with van der Waals surface area (Å²) in [4.78, 5) is 46.6. The van der Waals surface area contributed by atoms with Crippen molar-refractivity contribution in [3.05, 3.63) is 35.9 Å². The largest absolute Gasteiger partial charge is 0.479 e. The van der Waals surface area contributed by atoms with Crippen molar-refractivity contribution in [3.8, 4) is 0 Å². The van der Waals surface area contributed by atoms with Gasteiger partial charge in [-0.15, -0.1) is 0 Å². The molecule has 0 bridgehead atoms. The van der Waals surface area contributed by atoms with Gasteiger partial charge in [0.2, 0.25) is 5.91 Å². The van der Waals surface area contributed by atoms with Crippen LogP contribution in [0.5, 0.6) is 0 Å². The summed E-state index contributed by atoms with van der Waals surface area (Å²) in [5, 5.41) is 12.1. The standard InChI is InChI=1S/C19H23NO9/c1-10(21)20-14-15(27-11(2)22)16(28-12(3)23)17(18(24)25)29-19(14)26-9-13-7-5-4-6-8-13/h4-8,14-17,19H,9H2,1-3H3,(H,20,21)(H,24,25)/t14-,15+,16+,17-,19+/m0/s1. The van der Waals surface area contributed by atoms with Crippen LogP contribution in [0.1, 0.15) is 26.3 Å². The lowest BCUT2D eigenvalue weighted by Crippen LogP contribution is -2.67. The Bertz CT molecular complexity index is 751. The van der Waals surface area contributed by atoms with Crippen LogP contribution in [-0.4, -0.2) is 59.6 Å². The Morgan fingerprint density at radius 2 is 1.59 bits per heavy atom. The summed E-state index contributed by atoms with van der Waals surface area (Å²) in [6.07, 6.45) is -5.77. The zero-order chi connectivity index (χ0) is 21.6. The smallest absolute Gasteiger partial charge is 0.337 e. The van der Waals surface area contributed by atoms with Crippen molar-refractivity contribution in [2.75, 3.05) is 0 Å². The number of amides is 1. The average Bonchev–Trinajstić information content (AvgIpc) is 2.63. The molecule has 1 heterocycles. The van der Waals surface area contributed by atoms with Crippen molar-refractivity contribution in [3.63, 3.8) is 0 Å². The molecule has 0 radical (unpaired) electrons. The Hall–Kier alpha value is -2.98. The molecule has 1 amide bonds.